The highest BCUT2D eigenvalue weighted by molar-refractivity contribution is 6.04. The van der Waals surface area contributed by atoms with Gasteiger partial charge in [0.15, 0.2) is 23.3 Å². The second kappa shape index (κ2) is 9.32. The molecule has 31 heavy (non-hydrogen) atoms. The fourth-order valence-corrected chi connectivity index (χ4v) is 3.34. The molecule has 0 bridgehead atoms. The summed E-state index contributed by atoms with van der Waals surface area (Å²) in [6, 6.07) is 6.21. The first kappa shape index (κ1) is 22.5. The predicted octanol–water partition coefficient (Wildman–Crippen LogP) is 4.08. The second-order valence-corrected chi connectivity index (χ2v) is 7.06. The third-order valence-electron chi connectivity index (χ3n) is 5.02. The Morgan fingerprint density at radius 2 is 1.35 bits per heavy atom. The highest BCUT2D eigenvalue weighted by Crippen LogP contribution is 2.25. The van der Waals surface area contributed by atoms with Gasteiger partial charge in [-0.15, -0.1) is 0 Å². The lowest BCUT2D eigenvalue weighted by Gasteiger charge is -2.36. The van der Waals surface area contributed by atoms with E-state index < -0.39 is 40.6 Å². The number of carbonyl (C=O) groups is 2. The van der Waals surface area contributed by atoms with Gasteiger partial charge >= 0.3 is 0 Å². The van der Waals surface area contributed by atoms with Crippen molar-refractivity contribution in [1.29, 1.82) is 0 Å². The second-order valence-electron chi connectivity index (χ2n) is 7.06. The molecule has 166 valence electrons. The van der Waals surface area contributed by atoms with Crippen molar-refractivity contribution in [1.82, 2.24) is 4.90 Å². The van der Waals surface area contributed by atoms with Crippen LogP contribution in [0.2, 0.25) is 0 Å². The van der Waals surface area contributed by atoms with Crippen LogP contribution in [-0.2, 0) is 4.79 Å². The number of hydrogen-bond donors (Lipinski definition) is 1. The lowest BCUT2D eigenvalue weighted by atomic mass is 10.1. The van der Waals surface area contributed by atoms with Crippen LogP contribution in [0.3, 0.4) is 0 Å². The van der Waals surface area contributed by atoms with E-state index in [1.807, 2.05) is 11.8 Å². The van der Waals surface area contributed by atoms with Crippen molar-refractivity contribution in [3.63, 3.8) is 0 Å². The Morgan fingerprint density at radius 1 is 0.839 bits per heavy atom. The molecule has 2 aromatic carbocycles. The molecule has 0 atom stereocenters. The number of rotatable bonds is 5. The van der Waals surface area contributed by atoms with E-state index >= 15 is 0 Å². The SMILES string of the molecule is CCCC(=O)N1CCN(c2ccc(NC(=O)c3c(F)c(F)c(F)c(F)c3F)cc2)CC1. The molecule has 3 rings (SSSR count). The highest BCUT2D eigenvalue weighted by atomic mass is 19.2. The smallest absolute Gasteiger partial charge is 0.261 e. The van der Waals surface area contributed by atoms with Gasteiger partial charge < -0.3 is 15.1 Å². The summed E-state index contributed by atoms with van der Waals surface area (Å²) >= 11 is 0. The van der Waals surface area contributed by atoms with Crippen LogP contribution in [0.1, 0.15) is 30.1 Å². The van der Waals surface area contributed by atoms with Crippen LogP contribution in [0, 0.1) is 29.1 Å². The monoisotopic (exact) mass is 441 g/mol. The number of carbonyl (C=O) groups excluding carboxylic acids is 2. The molecule has 2 aromatic rings. The lowest BCUT2D eigenvalue weighted by molar-refractivity contribution is -0.131. The third-order valence-corrected chi connectivity index (χ3v) is 5.02. The highest BCUT2D eigenvalue weighted by Gasteiger charge is 2.29. The van der Waals surface area contributed by atoms with Gasteiger partial charge in [-0.05, 0) is 30.7 Å². The largest absolute Gasteiger partial charge is 0.368 e. The summed E-state index contributed by atoms with van der Waals surface area (Å²) in [6.07, 6.45) is 1.30. The van der Waals surface area contributed by atoms with Gasteiger partial charge in [0.25, 0.3) is 5.91 Å². The topological polar surface area (TPSA) is 52.7 Å². The molecule has 1 saturated heterocycles. The Bertz CT molecular complexity index is 960. The zero-order chi connectivity index (χ0) is 22.7. The molecule has 10 heteroatoms. The van der Waals surface area contributed by atoms with Gasteiger partial charge in [0, 0.05) is 44.0 Å². The van der Waals surface area contributed by atoms with Crippen LogP contribution in [0.5, 0.6) is 0 Å². The molecule has 1 aliphatic rings. The molecular weight excluding hydrogens is 421 g/mol. The van der Waals surface area contributed by atoms with Crippen molar-refractivity contribution in [3.05, 3.63) is 58.9 Å². The summed E-state index contributed by atoms with van der Waals surface area (Å²) in [4.78, 5) is 27.9. The number of nitrogens with one attached hydrogen (secondary N) is 1. The Kier molecular flexibility index (Phi) is 6.77. The standard InChI is InChI=1S/C21H20F5N3O2/c1-2-3-14(30)29-10-8-28(9-11-29)13-6-4-12(5-7-13)27-21(31)15-16(22)18(24)20(26)19(25)17(15)23/h4-7H,2-3,8-11H2,1H3,(H,27,31). The summed E-state index contributed by atoms with van der Waals surface area (Å²) < 4.78 is 67.3. The van der Waals surface area contributed by atoms with Gasteiger partial charge in [-0.25, -0.2) is 22.0 Å². The van der Waals surface area contributed by atoms with Crippen LogP contribution >= 0.6 is 0 Å². The van der Waals surface area contributed by atoms with E-state index in [1.165, 1.54) is 12.1 Å². The molecule has 0 aromatic heterocycles. The summed E-state index contributed by atoms with van der Waals surface area (Å²) in [5.41, 5.74) is -0.625. The zero-order valence-corrected chi connectivity index (χ0v) is 16.7. The first-order chi connectivity index (χ1) is 14.7. The molecule has 1 heterocycles. The van der Waals surface area contributed by atoms with Crippen molar-refractivity contribution < 1.29 is 31.5 Å². The van der Waals surface area contributed by atoms with Crippen molar-refractivity contribution in [2.24, 2.45) is 0 Å². The van der Waals surface area contributed by atoms with Crippen molar-refractivity contribution in [2.45, 2.75) is 19.8 Å². The maximum absolute atomic E-state index is 13.8. The lowest BCUT2D eigenvalue weighted by Crippen LogP contribution is -2.48. The minimum absolute atomic E-state index is 0.119. The predicted molar refractivity (Wildman–Crippen MR) is 104 cm³/mol. The van der Waals surface area contributed by atoms with Crippen molar-refractivity contribution in [3.8, 4) is 0 Å². The van der Waals surface area contributed by atoms with E-state index in [2.05, 4.69) is 5.32 Å². The quantitative estimate of drug-likeness (QED) is 0.432. The molecule has 0 saturated carbocycles. The van der Waals surface area contributed by atoms with Gasteiger partial charge in [0.2, 0.25) is 11.7 Å². The van der Waals surface area contributed by atoms with Gasteiger partial charge in [0.1, 0.15) is 5.56 Å². The van der Waals surface area contributed by atoms with Crippen LogP contribution in [0.4, 0.5) is 33.3 Å². The van der Waals surface area contributed by atoms with E-state index in [1.54, 1.807) is 17.0 Å². The first-order valence-electron chi connectivity index (χ1n) is 9.70. The molecule has 5 nitrogen and oxygen atoms in total. The molecule has 0 aliphatic carbocycles. The van der Waals surface area contributed by atoms with Crippen molar-refractivity contribution in [2.75, 3.05) is 36.4 Å². The molecular formula is C21H20F5N3O2. The molecule has 0 spiro atoms. The number of nitrogens with zero attached hydrogens (tertiary/aromatic N) is 2. The molecule has 0 radical (unpaired) electrons. The van der Waals surface area contributed by atoms with Crippen LogP contribution in [0.25, 0.3) is 0 Å². The summed E-state index contributed by atoms with van der Waals surface area (Å²) in [5.74, 6) is -12.4. The van der Waals surface area contributed by atoms with E-state index in [-0.39, 0.29) is 11.6 Å². The van der Waals surface area contributed by atoms with Gasteiger partial charge in [-0.2, -0.15) is 0 Å². The Morgan fingerprint density at radius 3 is 1.87 bits per heavy atom. The molecule has 0 unspecified atom stereocenters. The van der Waals surface area contributed by atoms with Gasteiger partial charge in [-0.1, -0.05) is 6.92 Å². The number of hydrogen-bond acceptors (Lipinski definition) is 3. The van der Waals surface area contributed by atoms with E-state index in [9.17, 15) is 31.5 Å². The van der Waals surface area contributed by atoms with Crippen LogP contribution < -0.4 is 10.2 Å². The van der Waals surface area contributed by atoms with Crippen LogP contribution in [0.15, 0.2) is 24.3 Å². The average Bonchev–Trinajstić information content (AvgIpc) is 2.77. The summed E-state index contributed by atoms with van der Waals surface area (Å²) in [6.45, 7) is 4.34. The molecule has 2 amide bonds. The number of halogens is 5. The third kappa shape index (κ3) is 4.62. The van der Waals surface area contributed by atoms with Gasteiger partial charge in [0.05, 0.1) is 0 Å². The van der Waals surface area contributed by atoms with E-state index in [4.69, 9.17) is 0 Å². The minimum atomic E-state index is -2.33. The Balaban J connectivity index is 1.67. The van der Waals surface area contributed by atoms with Gasteiger partial charge in [-0.3, -0.25) is 9.59 Å². The first-order valence-corrected chi connectivity index (χ1v) is 9.70. The average molecular weight is 441 g/mol. The Hall–Kier alpha value is -3.17. The van der Waals surface area contributed by atoms with Crippen LogP contribution in [-0.4, -0.2) is 42.9 Å². The maximum Gasteiger partial charge on any atom is 0.261 e. The molecule has 1 N–H and O–H groups in total. The summed E-state index contributed by atoms with van der Waals surface area (Å²) in [7, 11) is 0. The zero-order valence-electron chi connectivity index (χ0n) is 16.7. The number of anilines is 2. The minimum Gasteiger partial charge on any atom is -0.368 e. The molecule has 1 aliphatic heterocycles. The van der Waals surface area contributed by atoms with Crippen molar-refractivity contribution >= 4 is 23.2 Å². The fourth-order valence-electron chi connectivity index (χ4n) is 3.34. The normalized spacial score (nSPS) is 14.0. The molecule has 1 fully saturated rings. The number of benzene rings is 2. The van der Waals surface area contributed by atoms with E-state index in [0.29, 0.717) is 32.6 Å². The summed E-state index contributed by atoms with van der Waals surface area (Å²) in [5, 5.41) is 2.13. The number of piperazine rings is 1. The Labute approximate surface area is 175 Å². The number of amides is 2. The van der Waals surface area contributed by atoms with E-state index in [0.717, 1.165) is 12.1 Å². The maximum atomic E-state index is 13.8. The fraction of sp³-hybridized carbons (Fsp3) is 0.333.